The topological polar surface area (TPSA) is 73.8 Å². The number of benzene rings is 1. The summed E-state index contributed by atoms with van der Waals surface area (Å²) in [7, 11) is 3.38. The third-order valence-electron chi connectivity index (χ3n) is 4.77. The number of hydrogen-bond donors (Lipinski definition) is 1. The molecular weight excluding hydrogens is 401 g/mol. The molecule has 7 nitrogen and oxygen atoms in total. The fourth-order valence-electron chi connectivity index (χ4n) is 3.14. The number of hydrogen-bond acceptors (Lipinski definition) is 4. The summed E-state index contributed by atoms with van der Waals surface area (Å²) in [6, 6.07) is 4.98. The summed E-state index contributed by atoms with van der Waals surface area (Å²) in [5.74, 6) is 0.570. The van der Waals surface area contributed by atoms with Crippen LogP contribution in [0.5, 0.6) is 0 Å². The lowest BCUT2D eigenvalue weighted by molar-refractivity contribution is 0.655. The van der Waals surface area contributed by atoms with Crippen molar-refractivity contribution in [2.24, 2.45) is 14.1 Å². The smallest absolute Gasteiger partial charge is 0.332 e. The maximum absolute atomic E-state index is 13.1. The average molecular weight is 424 g/mol. The van der Waals surface area contributed by atoms with E-state index in [2.05, 4.69) is 17.2 Å². The van der Waals surface area contributed by atoms with Crippen LogP contribution < -0.4 is 16.6 Å². The van der Waals surface area contributed by atoms with E-state index >= 15 is 0 Å². The summed E-state index contributed by atoms with van der Waals surface area (Å²) in [4.78, 5) is 30.3. The van der Waals surface area contributed by atoms with E-state index in [1.54, 1.807) is 36.9 Å². The normalized spacial score (nSPS) is 11.3. The van der Waals surface area contributed by atoms with E-state index in [0.717, 1.165) is 25.8 Å². The van der Waals surface area contributed by atoms with E-state index in [0.29, 0.717) is 32.7 Å². The molecule has 0 aliphatic rings. The van der Waals surface area contributed by atoms with Gasteiger partial charge < -0.3 is 9.88 Å². The number of halogens is 2. The maximum Gasteiger partial charge on any atom is 0.332 e. The standard InChI is InChI=1S/C19H23Cl2N5O2/c1-4-5-6-9-22-18-23-16-15(24(18)2)17(27)26(19(28)25(16)3)11-12-7-8-13(20)10-14(12)21/h7-8,10H,4-6,9,11H2,1-3H3,(H,22,23). The predicted octanol–water partition coefficient (Wildman–Crippen LogP) is 3.39. The molecule has 3 rings (SSSR count). The van der Waals surface area contributed by atoms with E-state index in [4.69, 9.17) is 23.2 Å². The summed E-state index contributed by atoms with van der Waals surface area (Å²) in [5.41, 5.74) is 0.517. The number of nitrogens with one attached hydrogen (secondary N) is 1. The molecule has 0 radical (unpaired) electrons. The Bertz CT molecular complexity index is 1130. The molecule has 0 unspecified atom stereocenters. The van der Waals surface area contributed by atoms with Crippen LogP contribution >= 0.6 is 23.2 Å². The van der Waals surface area contributed by atoms with Gasteiger partial charge in [0.1, 0.15) is 0 Å². The van der Waals surface area contributed by atoms with Crippen molar-refractivity contribution in [1.29, 1.82) is 0 Å². The maximum atomic E-state index is 13.1. The molecule has 0 amide bonds. The Hall–Kier alpha value is -2.25. The van der Waals surface area contributed by atoms with Gasteiger partial charge in [0.2, 0.25) is 5.95 Å². The van der Waals surface area contributed by atoms with Gasteiger partial charge in [-0.25, -0.2) is 4.79 Å². The van der Waals surface area contributed by atoms with Gasteiger partial charge in [-0.1, -0.05) is 49.0 Å². The van der Waals surface area contributed by atoms with Crippen molar-refractivity contribution in [1.82, 2.24) is 18.7 Å². The van der Waals surface area contributed by atoms with Crippen LogP contribution in [-0.4, -0.2) is 25.2 Å². The summed E-state index contributed by atoms with van der Waals surface area (Å²) in [5, 5.41) is 4.15. The van der Waals surface area contributed by atoms with Gasteiger partial charge in [0.05, 0.1) is 6.54 Å². The molecule has 2 aromatic heterocycles. The second-order valence-electron chi connectivity index (χ2n) is 6.77. The predicted molar refractivity (Wildman–Crippen MR) is 114 cm³/mol. The van der Waals surface area contributed by atoms with Crippen LogP contribution in [0, 0.1) is 0 Å². The highest BCUT2D eigenvalue weighted by atomic mass is 35.5. The van der Waals surface area contributed by atoms with Crippen LogP contribution in [0.15, 0.2) is 27.8 Å². The molecule has 1 aromatic carbocycles. The average Bonchev–Trinajstić information content (AvgIpc) is 2.99. The summed E-state index contributed by atoms with van der Waals surface area (Å²) < 4.78 is 4.25. The molecule has 0 fully saturated rings. The molecular formula is C19H23Cl2N5O2. The van der Waals surface area contributed by atoms with Gasteiger partial charge >= 0.3 is 5.69 Å². The van der Waals surface area contributed by atoms with E-state index in [1.807, 2.05) is 0 Å². The number of fused-ring (bicyclic) bond motifs is 1. The number of unbranched alkanes of at least 4 members (excludes halogenated alkanes) is 2. The van der Waals surface area contributed by atoms with E-state index in [-0.39, 0.29) is 6.54 Å². The van der Waals surface area contributed by atoms with Gasteiger partial charge in [-0.2, -0.15) is 4.98 Å². The van der Waals surface area contributed by atoms with E-state index in [1.165, 1.54) is 9.13 Å². The van der Waals surface area contributed by atoms with Gasteiger partial charge in [-0.3, -0.25) is 13.9 Å². The minimum atomic E-state index is -0.445. The second kappa shape index (κ2) is 8.41. The molecule has 0 aliphatic heterocycles. The van der Waals surface area contributed by atoms with Crippen LogP contribution in [-0.2, 0) is 20.6 Å². The Labute approximate surface area is 172 Å². The first-order valence-corrected chi connectivity index (χ1v) is 9.94. The minimum absolute atomic E-state index is 0.0574. The van der Waals surface area contributed by atoms with Gasteiger partial charge in [-0.05, 0) is 24.1 Å². The summed E-state index contributed by atoms with van der Waals surface area (Å²) in [6.07, 6.45) is 3.25. The zero-order chi connectivity index (χ0) is 20.4. The lowest BCUT2D eigenvalue weighted by Gasteiger charge is -2.10. The summed E-state index contributed by atoms with van der Waals surface area (Å²) in [6.45, 7) is 2.95. The zero-order valence-electron chi connectivity index (χ0n) is 16.1. The highest BCUT2D eigenvalue weighted by molar-refractivity contribution is 6.35. The van der Waals surface area contributed by atoms with Crippen LogP contribution in [0.4, 0.5) is 5.95 Å². The van der Waals surface area contributed by atoms with Crippen LogP contribution in [0.1, 0.15) is 31.7 Å². The molecule has 0 spiro atoms. The van der Waals surface area contributed by atoms with Crippen molar-refractivity contribution in [3.05, 3.63) is 54.6 Å². The van der Waals surface area contributed by atoms with E-state index in [9.17, 15) is 9.59 Å². The van der Waals surface area contributed by atoms with Crippen LogP contribution in [0.2, 0.25) is 10.0 Å². The van der Waals surface area contributed by atoms with Crippen molar-refractivity contribution < 1.29 is 0 Å². The third kappa shape index (κ3) is 3.82. The Kier molecular flexibility index (Phi) is 6.15. The Balaban J connectivity index is 2.06. The first kappa shape index (κ1) is 20.5. The number of imidazole rings is 1. The largest absolute Gasteiger partial charge is 0.356 e. The molecule has 2 heterocycles. The molecule has 0 bridgehead atoms. The number of nitrogens with zero attached hydrogens (tertiary/aromatic N) is 4. The number of anilines is 1. The Morgan fingerprint density at radius 3 is 2.54 bits per heavy atom. The lowest BCUT2D eigenvalue weighted by Crippen LogP contribution is -2.39. The quantitative estimate of drug-likeness (QED) is 0.590. The van der Waals surface area contributed by atoms with E-state index < -0.39 is 11.2 Å². The van der Waals surface area contributed by atoms with Crippen LogP contribution in [0.25, 0.3) is 11.2 Å². The third-order valence-corrected chi connectivity index (χ3v) is 5.35. The number of aryl methyl sites for hydroxylation is 2. The minimum Gasteiger partial charge on any atom is -0.356 e. The molecule has 28 heavy (non-hydrogen) atoms. The fourth-order valence-corrected chi connectivity index (χ4v) is 3.60. The molecule has 1 N–H and O–H groups in total. The Morgan fingerprint density at radius 2 is 1.86 bits per heavy atom. The fraction of sp³-hybridized carbons (Fsp3) is 0.421. The number of rotatable bonds is 7. The lowest BCUT2D eigenvalue weighted by atomic mass is 10.2. The van der Waals surface area contributed by atoms with Gasteiger partial charge in [-0.15, -0.1) is 0 Å². The zero-order valence-corrected chi connectivity index (χ0v) is 17.6. The van der Waals surface area contributed by atoms with Gasteiger partial charge in [0.25, 0.3) is 5.56 Å². The van der Waals surface area contributed by atoms with Crippen molar-refractivity contribution in [2.75, 3.05) is 11.9 Å². The first-order valence-electron chi connectivity index (χ1n) is 9.19. The molecule has 0 atom stereocenters. The SMILES string of the molecule is CCCCCNc1nc2c(c(=O)n(Cc3ccc(Cl)cc3Cl)c(=O)n2C)n1C. The monoisotopic (exact) mass is 423 g/mol. The van der Waals surface area contributed by atoms with Crippen molar-refractivity contribution in [3.8, 4) is 0 Å². The van der Waals surface area contributed by atoms with Gasteiger partial charge in [0, 0.05) is 30.7 Å². The molecule has 9 heteroatoms. The molecule has 0 saturated heterocycles. The molecule has 3 aromatic rings. The highest BCUT2D eigenvalue weighted by Crippen LogP contribution is 2.21. The Morgan fingerprint density at radius 1 is 1.11 bits per heavy atom. The first-order chi connectivity index (χ1) is 13.3. The molecule has 0 saturated carbocycles. The highest BCUT2D eigenvalue weighted by Gasteiger charge is 2.19. The van der Waals surface area contributed by atoms with Gasteiger partial charge in [0.15, 0.2) is 11.2 Å². The van der Waals surface area contributed by atoms with Crippen molar-refractivity contribution >= 4 is 40.3 Å². The van der Waals surface area contributed by atoms with Crippen LogP contribution in [0.3, 0.4) is 0 Å². The van der Waals surface area contributed by atoms with Crippen molar-refractivity contribution in [2.45, 2.75) is 32.7 Å². The number of aromatic nitrogens is 4. The van der Waals surface area contributed by atoms with Crippen molar-refractivity contribution in [3.63, 3.8) is 0 Å². The second-order valence-corrected chi connectivity index (χ2v) is 7.61. The molecule has 0 aliphatic carbocycles. The summed E-state index contributed by atoms with van der Waals surface area (Å²) >= 11 is 12.2. The molecule has 150 valence electrons.